The van der Waals surface area contributed by atoms with E-state index in [-0.39, 0.29) is 18.5 Å². The standard InChI is InChI=1S/C21H28N4O5/c1-3-21(2)19(27)25(20(28)22-21)23-18(26)13-24-9-4-6-15(24)14-7-8-16-17(12-14)30-11-5-10-29-16/h7-8,12,15H,3-6,9-11,13H2,1-2H3,(H,22,28)(H,23,26). The van der Waals surface area contributed by atoms with Crippen LogP contribution < -0.4 is 20.2 Å². The van der Waals surface area contributed by atoms with E-state index in [4.69, 9.17) is 9.47 Å². The van der Waals surface area contributed by atoms with Crippen LogP contribution in [0.3, 0.4) is 0 Å². The fourth-order valence-electron chi connectivity index (χ4n) is 4.15. The summed E-state index contributed by atoms with van der Waals surface area (Å²) >= 11 is 0. The predicted octanol–water partition coefficient (Wildman–Crippen LogP) is 1.74. The van der Waals surface area contributed by atoms with E-state index in [2.05, 4.69) is 15.6 Å². The van der Waals surface area contributed by atoms with Crippen molar-refractivity contribution in [1.82, 2.24) is 20.7 Å². The zero-order valence-corrected chi connectivity index (χ0v) is 17.4. The quantitative estimate of drug-likeness (QED) is 0.710. The van der Waals surface area contributed by atoms with Crippen LogP contribution in [0.5, 0.6) is 11.5 Å². The maximum absolute atomic E-state index is 12.6. The Balaban J connectivity index is 1.42. The molecule has 1 aromatic rings. The minimum absolute atomic E-state index is 0.0666. The number of fused-ring (bicyclic) bond motifs is 1. The van der Waals surface area contributed by atoms with Gasteiger partial charge in [-0.05, 0) is 50.4 Å². The van der Waals surface area contributed by atoms with Crippen LogP contribution in [-0.4, -0.2) is 59.6 Å². The van der Waals surface area contributed by atoms with Crippen LogP contribution in [0.2, 0.25) is 0 Å². The number of carbonyl (C=O) groups is 3. The van der Waals surface area contributed by atoms with Crippen LogP contribution in [0.25, 0.3) is 0 Å². The number of nitrogens with zero attached hydrogens (tertiary/aromatic N) is 2. The molecule has 0 radical (unpaired) electrons. The van der Waals surface area contributed by atoms with E-state index in [1.54, 1.807) is 6.92 Å². The molecule has 3 aliphatic heterocycles. The molecule has 0 spiro atoms. The van der Waals surface area contributed by atoms with Crippen molar-refractivity contribution in [3.63, 3.8) is 0 Å². The van der Waals surface area contributed by atoms with E-state index in [0.717, 1.165) is 47.9 Å². The Bertz CT molecular complexity index is 860. The summed E-state index contributed by atoms with van der Waals surface area (Å²) in [5.41, 5.74) is 2.56. The Morgan fingerprint density at radius 2 is 2.00 bits per heavy atom. The lowest BCUT2D eigenvalue weighted by Gasteiger charge is -2.26. The Kier molecular flexibility index (Phi) is 5.55. The van der Waals surface area contributed by atoms with Gasteiger partial charge in [0.1, 0.15) is 5.54 Å². The van der Waals surface area contributed by atoms with Crippen molar-refractivity contribution in [2.24, 2.45) is 0 Å². The zero-order valence-electron chi connectivity index (χ0n) is 17.4. The Morgan fingerprint density at radius 1 is 1.23 bits per heavy atom. The van der Waals surface area contributed by atoms with Gasteiger partial charge >= 0.3 is 6.03 Å². The highest BCUT2D eigenvalue weighted by molar-refractivity contribution is 6.07. The maximum Gasteiger partial charge on any atom is 0.344 e. The number of carbonyl (C=O) groups excluding carboxylic acids is 3. The average molecular weight is 416 g/mol. The highest BCUT2D eigenvalue weighted by Crippen LogP contribution is 2.37. The number of urea groups is 1. The molecule has 2 atom stereocenters. The summed E-state index contributed by atoms with van der Waals surface area (Å²) in [7, 11) is 0. The Morgan fingerprint density at radius 3 is 2.73 bits per heavy atom. The van der Waals surface area contributed by atoms with E-state index in [9.17, 15) is 14.4 Å². The van der Waals surface area contributed by atoms with E-state index < -0.39 is 17.5 Å². The van der Waals surface area contributed by atoms with Crippen molar-refractivity contribution in [2.45, 2.75) is 51.1 Å². The first-order chi connectivity index (χ1) is 14.4. The van der Waals surface area contributed by atoms with E-state index in [1.165, 1.54) is 0 Å². The number of hydrazine groups is 1. The van der Waals surface area contributed by atoms with Crippen molar-refractivity contribution in [1.29, 1.82) is 0 Å². The third-order valence-corrected chi connectivity index (χ3v) is 6.07. The van der Waals surface area contributed by atoms with Crippen LogP contribution in [0, 0.1) is 0 Å². The van der Waals surface area contributed by atoms with Gasteiger partial charge in [-0.1, -0.05) is 13.0 Å². The molecular formula is C21H28N4O5. The second-order valence-electron chi connectivity index (χ2n) is 8.18. The summed E-state index contributed by atoms with van der Waals surface area (Å²) in [4.78, 5) is 39.3. The molecule has 3 heterocycles. The van der Waals surface area contributed by atoms with E-state index in [0.29, 0.717) is 19.6 Å². The number of nitrogens with one attached hydrogen (secondary N) is 2. The summed E-state index contributed by atoms with van der Waals surface area (Å²) in [5, 5.41) is 3.43. The summed E-state index contributed by atoms with van der Waals surface area (Å²) in [6.45, 7) is 5.59. The first-order valence-corrected chi connectivity index (χ1v) is 10.5. The molecule has 0 saturated carbocycles. The van der Waals surface area contributed by atoms with Gasteiger partial charge in [-0.2, -0.15) is 5.01 Å². The van der Waals surface area contributed by atoms with Gasteiger partial charge in [0, 0.05) is 12.5 Å². The molecule has 2 unspecified atom stereocenters. The molecule has 9 heteroatoms. The van der Waals surface area contributed by atoms with Crippen molar-refractivity contribution in [3.05, 3.63) is 23.8 Å². The van der Waals surface area contributed by atoms with Gasteiger partial charge in [0.25, 0.3) is 11.8 Å². The first kappa shape index (κ1) is 20.5. The van der Waals surface area contributed by atoms with Crippen LogP contribution in [-0.2, 0) is 9.59 Å². The second kappa shape index (κ2) is 8.14. The number of hydrogen-bond donors (Lipinski definition) is 2. The number of rotatable bonds is 5. The smallest absolute Gasteiger partial charge is 0.344 e. The van der Waals surface area contributed by atoms with Gasteiger partial charge in [-0.25, -0.2) is 4.79 Å². The van der Waals surface area contributed by atoms with Crippen molar-refractivity contribution in [3.8, 4) is 11.5 Å². The molecular weight excluding hydrogens is 388 g/mol. The predicted molar refractivity (Wildman–Crippen MR) is 108 cm³/mol. The van der Waals surface area contributed by atoms with Gasteiger partial charge in [-0.3, -0.25) is 19.9 Å². The molecule has 2 N–H and O–H groups in total. The number of ether oxygens (including phenoxy) is 2. The van der Waals surface area contributed by atoms with Crippen molar-refractivity contribution >= 4 is 17.8 Å². The molecule has 4 amide bonds. The number of hydrogen-bond acceptors (Lipinski definition) is 6. The summed E-state index contributed by atoms with van der Waals surface area (Å²) in [6, 6.07) is 5.39. The van der Waals surface area contributed by atoms with E-state index >= 15 is 0 Å². The Labute approximate surface area is 175 Å². The minimum atomic E-state index is -0.982. The maximum atomic E-state index is 12.6. The van der Waals surface area contributed by atoms with Crippen molar-refractivity contribution < 1.29 is 23.9 Å². The van der Waals surface area contributed by atoms with Crippen molar-refractivity contribution in [2.75, 3.05) is 26.3 Å². The fourth-order valence-corrected chi connectivity index (χ4v) is 4.15. The second-order valence-corrected chi connectivity index (χ2v) is 8.18. The topological polar surface area (TPSA) is 100 Å². The number of likely N-dealkylation sites (tertiary alicyclic amines) is 1. The van der Waals surface area contributed by atoms with Gasteiger partial charge in [0.2, 0.25) is 0 Å². The highest BCUT2D eigenvalue weighted by Gasteiger charge is 2.47. The van der Waals surface area contributed by atoms with Gasteiger partial charge < -0.3 is 14.8 Å². The molecule has 0 bridgehead atoms. The summed E-state index contributed by atoms with van der Waals surface area (Å²) < 4.78 is 11.5. The number of benzene rings is 1. The lowest BCUT2D eigenvalue weighted by molar-refractivity contribution is -0.139. The monoisotopic (exact) mass is 416 g/mol. The van der Waals surface area contributed by atoms with Crippen LogP contribution in [0.4, 0.5) is 4.79 Å². The molecule has 30 heavy (non-hydrogen) atoms. The van der Waals surface area contributed by atoms with Gasteiger partial charge in [-0.15, -0.1) is 0 Å². The van der Waals surface area contributed by atoms with Gasteiger partial charge in [0.15, 0.2) is 11.5 Å². The first-order valence-electron chi connectivity index (χ1n) is 10.5. The van der Waals surface area contributed by atoms with E-state index in [1.807, 2.05) is 25.1 Å². The summed E-state index contributed by atoms with van der Waals surface area (Å²) in [6.07, 6.45) is 3.18. The highest BCUT2D eigenvalue weighted by atomic mass is 16.5. The van der Waals surface area contributed by atoms with Crippen LogP contribution >= 0.6 is 0 Å². The molecule has 3 aliphatic rings. The lowest BCUT2D eigenvalue weighted by Crippen LogP contribution is -2.51. The molecule has 9 nitrogen and oxygen atoms in total. The fraction of sp³-hybridized carbons (Fsp3) is 0.571. The third kappa shape index (κ3) is 3.81. The molecule has 1 aromatic carbocycles. The lowest BCUT2D eigenvalue weighted by atomic mass is 10.00. The minimum Gasteiger partial charge on any atom is -0.490 e. The largest absolute Gasteiger partial charge is 0.490 e. The Hall–Kier alpha value is -2.81. The number of imide groups is 1. The third-order valence-electron chi connectivity index (χ3n) is 6.07. The zero-order chi connectivity index (χ0) is 21.3. The molecule has 0 aromatic heterocycles. The molecule has 2 saturated heterocycles. The molecule has 4 rings (SSSR count). The normalized spacial score (nSPS) is 26.5. The molecule has 162 valence electrons. The van der Waals surface area contributed by atoms with Gasteiger partial charge in [0.05, 0.1) is 19.8 Å². The SMILES string of the molecule is CCC1(C)NC(=O)N(NC(=O)CN2CCCC2c2ccc3c(c2)OCCCO3)C1=O. The molecule has 0 aliphatic carbocycles. The summed E-state index contributed by atoms with van der Waals surface area (Å²) in [5.74, 6) is 0.653. The molecule has 2 fully saturated rings. The van der Waals surface area contributed by atoms with Crippen LogP contribution in [0.15, 0.2) is 18.2 Å². The van der Waals surface area contributed by atoms with Crippen LogP contribution in [0.1, 0.15) is 51.1 Å². The average Bonchev–Trinajstić information content (AvgIpc) is 3.16. The number of amides is 4.